The van der Waals surface area contributed by atoms with E-state index in [2.05, 4.69) is 18.8 Å². The van der Waals surface area contributed by atoms with Crippen LogP contribution >= 0.6 is 0 Å². The van der Waals surface area contributed by atoms with Crippen LogP contribution < -0.4 is 0 Å². The Bertz CT molecular complexity index is 742. The Morgan fingerprint density at radius 1 is 1.08 bits per heavy atom. The molecule has 0 aliphatic heterocycles. The van der Waals surface area contributed by atoms with Crippen LogP contribution in [0.5, 0.6) is 0 Å². The first-order valence-corrected chi connectivity index (χ1v) is 7.86. The Morgan fingerprint density at radius 2 is 1.71 bits per heavy atom. The molecule has 0 saturated heterocycles. The van der Waals surface area contributed by atoms with Crippen LogP contribution in [0.1, 0.15) is 52.0 Å². The first-order valence-electron chi connectivity index (χ1n) is 7.86. The van der Waals surface area contributed by atoms with Crippen LogP contribution in [0.4, 0.5) is 0 Å². The molecule has 24 heavy (non-hydrogen) atoms. The molecule has 1 unspecified atom stereocenters. The number of pyridine rings is 1. The molecule has 5 nitrogen and oxygen atoms in total. The highest BCUT2D eigenvalue weighted by Crippen LogP contribution is 2.28. The van der Waals surface area contributed by atoms with Crippen LogP contribution in [0.25, 0.3) is 0 Å². The lowest BCUT2D eigenvalue weighted by atomic mass is 9.94. The standard InChI is InChI=1S/C19H22N2O3/c1-12(2)17(14-8-6-5-7-9-14)21(4)18(22)16-11-10-15(19(23)24)13(3)20-16/h5-12,17H,1-4H3,(H,23,24). The summed E-state index contributed by atoms with van der Waals surface area (Å²) in [6.07, 6.45) is 0. The fourth-order valence-electron chi connectivity index (χ4n) is 2.92. The van der Waals surface area contributed by atoms with Gasteiger partial charge in [-0.15, -0.1) is 0 Å². The summed E-state index contributed by atoms with van der Waals surface area (Å²) in [7, 11) is 1.75. The van der Waals surface area contributed by atoms with E-state index in [9.17, 15) is 9.59 Å². The lowest BCUT2D eigenvalue weighted by Crippen LogP contribution is -2.34. The second-order valence-corrected chi connectivity index (χ2v) is 6.15. The van der Waals surface area contributed by atoms with E-state index in [1.807, 2.05) is 30.3 Å². The second-order valence-electron chi connectivity index (χ2n) is 6.15. The third-order valence-electron chi connectivity index (χ3n) is 4.05. The number of carboxylic acids is 1. The number of aryl methyl sites for hydroxylation is 1. The van der Waals surface area contributed by atoms with Crippen LogP contribution in [-0.4, -0.2) is 33.9 Å². The summed E-state index contributed by atoms with van der Waals surface area (Å²) in [5, 5.41) is 9.08. The first-order chi connectivity index (χ1) is 11.3. The summed E-state index contributed by atoms with van der Waals surface area (Å²) in [6, 6.07) is 12.7. The summed E-state index contributed by atoms with van der Waals surface area (Å²) in [6.45, 7) is 5.72. The Kier molecular flexibility index (Phi) is 5.34. The molecule has 1 N–H and O–H groups in total. The Labute approximate surface area is 142 Å². The van der Waals surface area contributed by atoms with Crippen molar-refractivity contribution < 1.29 is 14.7 Å². The van der Waals surface area contributed by atoms with Gasteiger partial charge in [-0.1, -0.05) is 44.2 Å². The van der Waals surface area contributed by atoms with E-state index in [0.717, 1.165) is 5.56 Å². The number of benzene rings is 1. The topological polar surface area (TPSA) is 70.5 Å². The van der Waals surface area contributed by atoms with Crippen LogP contribution in [-0.2, 0) is 0 Å². The van der Waals surface area contributed by atoms with Crippen LogP contribution in [0.2, 0.25) is 0 Å². The number of rotatable bonds is 5. The highest BCUT2D eigenvalue weighted by molar-refractivity contribution is 5.94. The molecule has 1 aromatic heterocycles. The van der Waals surface area contributed by atoms with E-state index in [1.165, 1.54) is 12.1 Å². The predicted octanol–water partition coefficient (Wildman–Crippen LogP) is 3.56. The fraction of sp³-hybridized carbons (Fsp3) is 0.316. The van der Waals surface area contributed by atoms with Gasteiger partial charge in [0.15, 0.2) is 0 Å². The number of carboxylic acid groups (broad SMARTS) is 1. The smallest absolute Gasteiger partial charge is 0.337 e. The molecule has 0 aliphatic rings. The molecule has 126 valence electrons. The molecule has 0 fully saturated rings. The van der Waals surface area contributed by atoms with Gasteiger partial charge in [0.2, 0.25) is 0 Å². The van der Waals surface area contributed by atoms with Crippen LogP contribution in [0.15, 0.2) is 42.5 Å². The SMILES string of the molecule is Cc1nc(C(=O)N(C)C(c2ccccc2)C(C)C)ccc1C(=O)O. The number of carbonyl (C=O) groups is 2. The summed E-state index contributed by atoms with van der Waals surface area (Å²) < 4.78 is 0. The van der Waals surface area contributed by atoms with E-state index in [4.69, 9.17) is 5.11 Å². The molecule has 1 amide bonds. The third-order valence-corrected chi connectivity index (χ3v) is 4.05. The van der Waals surface area contributed by atoms with Gasteiger partial charge in [-0.25, -0.2) is 9.78 Å². The van der Waals surface area contributed by atoms with E-state index < -0.39 is 5.97 Å². The van der Waals surface area contributed by atoms with Gasteiger partial charge >= 0.3 is 5.97 Å². The third kappa shape index (κ3) is 3.62. The van der Waals surface area contributed by atoms with Gasteiger partial charge in [0.1, 0.15) is 5.69 Å². The molecule has 2 aromatic rings. The van der Waals surface area contributed by atoms with Crippen molar-refractivity contribution in [2.45, 2.75) is 26.8 Å². The van der Waals surface area contributed by atoms with E-state index in [1.54, 1.807) is 18.9 Å². The van der Waals surface area contributed by atoms with Gasteiger partial charge in [-0.3, -0.25) is 4.79 Å². The number of hydrogen-bond acceptors (Lipinski definition) is 3. The van der Waals surface area contributed by atoms with Gasteiger partial charge in [0.05, 0.1) is 17.3 Å². The molecule has 0 saturated carbocycles. The highest BCUT2D eigenvalue weighted by atomic mass is 16.4. The average molecular weight is 326 g/mol. The maximum absolute atomic E-state index is 12.8. The molecule has 1 atom stereocenters. The highest BCUT2D eigenvalue weighted by Gasteiger charge is 2.26. The van der Waals surface area contributed by atoms with E-state index in [-0.39, 0.29) is 29.1 Å². The van der Waals surface area contributed by atoms with Gasteiger partial charge < -0.3 is 10.0 Å². The quantitative estimate of drug-likeness (QED) is 0.912. The van der Waals surface area contributed by atoms with Crippen molar-refractivity contribution in [3.8, 4) is 0 Å². The van der Waals surface area contributed by atoms with E-state index >= 15 is 0 Å². The van der Waals surface area contributed by atoms with E-state index in [0.29, 0.717) is 5.69 Å². The molecule has 0 radical (unpaired) electrons. The lowest BCUT2D eigenvalue weighted by Gasteiger charge is -2.31. The van der Waals surface area contributed by atoms with Crippen molar-refractivity contribution in [1.82, 2.24) is 9.88 Å². The van der Waals surface area contributed by atoms with Crippen molar-refractivity contribution in [2.75, 3.05) is 7.05 Å². The Balaban J connectivity index is 2.33. The molecule has 5 heteroatoms. The number of nitrogens with zero attached hydrogens (tertiary/aromatic N) is 2. The molecule has 2 rings (SSSR count). The fourth-order valence-corrected chi connectivity index (χ4v) is 2.92. The molecule has 0 spiro atoms. The van der Waals surface area contributed by atoms with Crippen LogP contribution in [0.3, 0.4) is 0 Å². The number of aromatic nitrogens is 1. The molecule has 1 heterocycles. The molecule has 0 bridgehead atoms. The minimum absolute atomic E-state index is 0.0834. The summed E-state index contributed by atoms with van der Waals surface area (Å²) >= 11 is 0. The number of hydrogen-bond donors (Lipinski definition) is 1. The Morgan fingerprint density at radius 3 is 2.21 bits per heavy atom. The minimum Gasteiger partial charge on any atom is -0.478 e. The normalized spacial score (nSPS) is 12.0. The Hall–Kier alpha value is -2.69. The summed E-state index contributed by atoms with van der Waals surface area (Å²) in [5.74, 6) is -1.05. The van der Waals surface area contributed by atoms with Gasteiger partial charge in [-0.05, 0) is 30.5 Å². The lowest BCUT2D eigenvalue weighted by molar-refractivity contribution is 0.0671. The minimum atomic E-state index is -1.04. The van der Waals surface area contributed by atoms with Gasteiger partial charge in [0.25, 0.3) is 5.91 Å². The van der Waals surface area contributed by atoms with Crippen molar-refractivity contribution in [2.24, 2.45) is 5.92 Å². The number of carbonyl (C=O) groups excluding carboxylic acids is 1. The summed E-state index contributed by atoms with van der Waals surface area (Å²) in [5.41, 5.74) is 1.75. The zero-order chi connectivity index (χ0) is 17.9. The zero-order valence-electron chi connectivity index (χ0n) is 14.4. The first kappa shape index (κ1) is 17.7. The molecular weight excluding hydrogens is 304 g/mol. The van der Waals surface area contributed by atoms with Crippen molar-refractivity contribution in [3.63, 3.8) is 0 Å². The van der Waals surface area contributed by atoms with Crippen molar-refractivity contribution >= 4 is 11.9 Å². The maximum atomic E-state index is 12.8. The molecule has 1 aromatic carbocycles. The average Bonchev–Trinajstić information content (AvgIpc) is 2.54. The predicted molar refractivity (Wildman–Crippen MR) is 92.0 cm³/mol. The van der Waals surface area contributed by atoms with Crippen molar-refractivity contribution in [1.29, 1.82) is 0 Å². The maximum Gasteiger partial charge on any atom is 0.337 e. The largest absolute Gasteiger partial charge is 0.478 e. The number of amides is 1. The van der Waals surface area contributed by atoms with Crippen LogP contribution in [0, 0.1) is 12.8 Å². The molecule has 0 aliphatic carbocycles. The zero-order valence-corrected chi connectivity index (χ0v) is 14.4. The van der Waals surface area contributed by atoms with Gasteiger partial charge in [0, 0.05) is 7.05 Å². The second kappa shape index (κ2) is 7.25. The van der Waals surface area contributed by atoms with Crippen molar-refractivity contribution in [3.05, 3.63) is 65.0 Å². The van der Waals surface area contributed by atoms with Gasteiger partial charge in [-0.2, -0.15) is 0 Å². The molecular formula is C19H22N2O3. The monoisotopic (exact) mass is 326 g/mol. The number of aromatic carboxylic acids is 1. The summed E-state index contributed by atoms with van der Waals surface area (Å²) in [4.78, 5) is 29.7.